The first-order chi connectivity index (χ1) is 11.1. The second kappa shape index (κ2) is 6.50. The molecule has 5 nitrogen and oxygen atoms in total. The average Bonchev–Trinajstić information content (AvgIpc) is 2.86. The molecular weight excluding hydrogens is 312 g/mol. The Hall–Kier alpha value is -2.86. The summed E-state index contributed by atoms with van der Waals surface area (Å²) in [6, 6.07) is 16.0. The Labute approximate surface area is 136 Å². The van der Waals surface area contributed by atoms with Crippen LogP contribution in [0.1, 0.15) is 10.4 Å². The Bertz CT molecular complexity index is 816. The molecule has 0 aromatic heterocycles. The maximum atomic E-state index is 12.4. The number of hydrogen-bond donors (Lipinski definition) is 2. The molecule has 1 heterocycles. The minimum absolute atomic E-state index is 0.273. The minimum atomic E-state index is -0.446. The van der Waals surface area contributed by atoms with Gasteiger partial charge in [0, 0.05) is 16.7 Å². The molecule has 1 aliphatic rings. The third kappa shape index (κ3) is 3.49. The van der Waals surface area contributed by atoms with Gasteiger partial charge in [-0.05, 0) is 24.3 Å². The number of carbonyl (C=O) groups excluding carboxylic acids is 3. The second-order valence-electron chi connectivity index (χ2n) is 4.75. The molecule has 6 heteroatoms. The van der Waals surface area contributed by atoms with Crippen molar-refractivity contribution in [3.8, 4) is 0 Å². The molecule has 1 aliphatic heterocycles. The van der Waals surface area contributed by atoms with Crippen LogP contribution in [0.5, 0.6) is 0 Å². The topological polar surface area (TPSA) is 75.3 Å². The van der Waals surface area contributed by atoms with E-state index in [9.17, 15) is 14.4 Å². The van der Waals surface area contributed by atoms with Crippen molar-refractivity contribution in [3.05, 3.63) is 71.1 Å². The van der Waals surface area contributed by atoms with Crippen molar-refractivity contribution in [3.63, 3.8) is 0 Å². The Morgan fingerprint density at radius 2 is 1.65 bits per heavy atom. The van der Waals surface area contributed by atoms with Crippen molar-refractivity contribution in [1.82, 2.24) is 5.32 Å². The van der Waals surface area contributed by atoms with E-state index in [2.05, 4.69) is 10.6 Å². The SMILES string of the molecule is O=C1C=C(Sc2ccccc2C(=O)Nc2ccccc2)C(=O)N1. The first-order valence-corrected chi connectivity index (χ1v) is 7.65. The van der Waals surface area contributed by atoms with Gasteiger partial charge in [0.1, 0.15) is 0 Å². The Morgan fingerprint density at radius 1 is 0.957 bits per heavy atom. The zero-order chi connectivity index (χ0) is 16.2. The fourth-order valence-electron chi connectivity index (χ4n) is 2.05. The summed E-state index contributed by atoms with van der Waals surface area (Å²) in [6.45, 7) is 0. The molecule has 0 atom stereocenters. The van der Waals surface area contributed by atoms with Gasteiger partial charge in [-0.3, -0.25) is 19.7 Å². The summed E-state index contributed by atoms with van der Waals surface area (Å²) < 4.78 is 0. The van der Waals surface area contributed by atoms with Crippen molar-refractivity contribution in [2.75, 3.05) is 5.32 Å². The van der Waals surface area contributed by atoms with Gasteiger partial charge in [0.25, 0.3) is 17.7 Å². The predicted octanol–water partition coefficient (Wildman–Crippen LogP) is 2.57. The molecular formula is C17H12N2O3S. The smallest absolute Gasteiger partial charge is 0.265 e. The van der Waals surface area contributed by atoms with Gasteiger partial charge >= 0.3 is 0 Å². The third-order valence-corrected chi connectivity index (χ3v) is 4.21. The van der Waals surface area contributed by atoms with Gasteiger partial charge in [-0.15, -0.1) is 0 Å². The highest BCUT2D eigenvalue weighted by molar-refractivity contribution is 8.04. The molecule has 0 aliphatic carbocycles. The highest BCUT2D eigenvalue weighted by Crippen LogP contribution is 2.31. The van der Waals surface area contributed by atoms with E-state index >= 15 is 0 Å². The number of rotatable bonds is 4. The second-order valence-corrected chi connectivity index (χ2v) is 5.83. The lowest BCUT2D eigenvalue weighted by Gasteiger charge is -2.09. The van der Waals surface area contributed by atoms with Gasteiger partial charge in [0.05, 0.1) is 10.5 Å². The summed E-state index contributed by atoms with van der Waals surface area (Å²) in [5.74, 6) is -1.16. The van der Waals surface area contributed by atoms with Crippen LogP contribution in [0, 0.1) is 0 Å². The molecule has 0 unspecified atom stereocenters. The van der Waals surface area contributed by atoms with Crippen LogP contribution in [-0.4, -0.2) is 17.7 Å². The molecule has 0 fully saturated rings. The van der Waals surface area contributed by atoms with Crippen LogP contribution >= 0.6 is 11.8 Å². The molecule has 0 saturated heterocycles. The molecule has 0 radical (unpaired) electrons. The highest BCUT2D eigenvalue weighted by atomic mass is 32.2. The van der Waals surface area contributed by atoms with Crippen LogP contribution in [-0.2, 0) is 9.59 Å². The van der Waals surface area contributed by atoms with E-state index in [0.717, 1.165) is 11.8 Å². The van der Waals surface area contributed by atoms with Gasteiger partial charge in [0.2, 0.25) is 0 Å². The number of nitrogens with one attached hydrogen (secondary N) is 2. The van der Waals surface area contributed by atoms with E-state index in [1.165, 1.54) is 6.08 Å². The van der Waals surface area contributed by atoms with Crippen molar-refractivity contribution in [1.29, 1.82) is 0 Å². The number of amides is 3. The Balaban J connectivity index is 1.83. The normalized spacial score (nSPS) is 13.5. The third-order valence-electron chi connectivity index (χ3n) is 3.11. The summed E-state index contributed by atoms with van der Waals surface area (Å²) >= 11 is 1.10. The van der Waals surface area contributed by atoms with E-state index in [1.54, 1.807) is 36.4 Å². The minimum Gasteiger partial charge on any atom is -0.322 e. The summed E-state index contributed by atoms with van der Waals surface area (Å²) in [5.41, 5.74) is 1.12. The number of benzene rings is 2. The van der Waals surface area contributed by atoms with Gasteiger partial charge in [-0.1, -0.05) is 42.1 Å². The monoisotopic (exact) mass is 324 g/mol. The van der Waals surface area contributed by atoms with Crippen LogP contribution in [0.15, 0.2) is 70.5 Å². The number of imide groups is 1. The van der Waals surface area contributed by atoms with Gasteiger partial charge < -0.3 is 5.32 Å². The first-order valence-electron chi connectivity index (χ1n) is 6.84. The van der Waals surface area contributed by atoms with Crippen molar-refractivity contribution in [2.45, 2.75) is 4.90 Å². The molecule has 3 rings (SSSR count). The molecule has 2 N–H and O–H groups in total. The van der Waals surface area contributed by atoms with Crippen LogP contribution < -0.4 is 10.6 Å². The quantitative estimate of drug-likeness (QED) is 0.848. The highest BCUT2D eigenvalue weighted by Gasteiger charge is 2.23. The van der Waals surface area contributed by atoms with Gasteiger partial charge in [-0.25, -0.2) is 0 Å². The number of carbonyl (C=O) groups is 3. The number of anilines is 1. The summed E-state index contributed by atoms with van der Waals surface area (Å²) in [4.78, 5) is 36.2. The average molecular weight is 324 g/mol. The zero-order valence-electron chi connectivity index (χ0n) is 11.9. The van der Waals surface area contributed by atoms with Gasteiger partial charge in [-0.2, -0.15) is 0 Å². The van der Waals surface area contributed by atoms with Crippen molar-refractivity contribution >= 4 is 35.2 Å². The fraction of sp³-hybridized carbons (Fsp3) is 0. The van der Waals surface area contributed by atoms with E-state index in [4.69, 9.17) is 0 Å². The lowest BCUT2D eigenvalue weighted by atomic mass is 10.2. The van der Waals surface area contributed by atoms with Crippen LogP contribution in [0.3, 0.4) is 0 Å². The molecule has 2 aromatic carbocycles. The lowest BCUT2D eigenvalue weighted by molar-refractivity contribution is -0.123. The zero-order valence-corrected chi connectivity index (χ0v) is 12.7. The number of thioether (sulfide) groups is 1. The Kier molecular flexibility index (Phi) is 4.25. The number of hydrogen-bond acceptors (Lipinski definition) is 4. The lowest BCUT2D eigenvalue weighted by Crippen LogP contribution is -2.21. The maximum Gasteiger partial charge on any atom is 0.265 e. The summed E-state index contributed by atoms with van der Waals surface area (Å²) in [6.07, 6.45) is 1.24. The Morgan fingerprint density at radius 3 is 2.35 bits per heavy atom. The molecule has 0 spiro atoms. The van der Waals surface area contributed by atoms with Crippen molar-refractivity contribution in [2.24, 2.45) is 0 Å². The molecule has 2 aromatic rings. The first kappa shape index (κ1) is 15.1. The molecule has 3 amide bonds. The van der Waals surface area contributed by atoms with Crippen molar-refractivity contribution < 1.29 is 14.4 Å². The van der Waals surface area contributed by atoms with Gasteiger partial charge in [0.15, 0.2) is 0 Å². The summed E-state index contributed by atoms with van der Waals surface area (Å²) in [5, 5.41) is 4.99. The number of para-hydroxylation sites is 1. The van der Waals surface area contributed by atoms with Crippen LogP contribution in [0.2, 0.25) is 0 Å². The van der Waals surface area contributed by atoms with Crippen LogP contribution in [0.25, 0.3) is 0 Å². The molecule has 114 valence electrons. The standard InChI is InChI=1S/C17H12N2O3S/c20-15-10-14(17(22)19-15)23-13-9-5-4-8-12(13)16(21)18-11-6-2-1-3-7-11/h1-10H,(H,18,21)(H,19,20,22). The molecule has 23 heavy (non-hydrogen) atoms. The molecule has 0 saturated carbocycles. The van der Waals surface area contributed by atoms with E-state index in [0.29, 0.717) is 16.1 Å². The molecule has 0 bridgehead atoms. The van der Waals surface area contributed by atoms with E-state index in [-0.39, 0.29) is 10.8 Å². The fourth-order valence-corrected chi connectivity index (χ4v) is 3.02. The summed E-state index contributed by atoms with van der Waals surface area (Å²) in [7, 11) is 0. The predicted molar refractivity (Wildman–Crippen MR) is 87.9 cm³/mol. The van der Waals surface area contributed by atoms with E-state index in [1.807, 2.05) is 18.2 Å². The van der Waals surface area contributed by atoms with Crippen LogP contribution in [0.4, 0.5) is 5.69 Å². The maximum absolute atomic E-state index is 12.4. The largest absolute Gasteiger partial charge is 0.322 e. The van der Waals surface area contributed by atoms with E-state index < -0.39 is 11.8 Å².